The van der Waals surface area contributed by atoms with Gasteiger partial charge in [-0.2, -0.15) is 0 Å². The van der Waals surface area contributed by atoms with Crippen LogP contribution >= 0.6 is 12.2 Å². The summed E-state index contributed by atoms with van der Waals surface area (Å²) in [5.41, 5.74) is 2.04. The van der Waals surface area contributed by atoms with Crippen LogP contribution in [0.1, 0.15) is 44.7 Å². The molecule has 2 N–H and O–H groups in total. The van der Waals surface area contributed by atoms with E-state index in [4.69, 9.17) is 17.0 Å². The van der Waals surface area contributed by atoms with Gasteiger partial charge in [-0.1, -0.05) is 50.2 Å². The predicted molar refractivity (Wildman–Crippen MR) is 104 cm³/mol. The van der Waals surface area contributed by atoms with E-state index >= 15 is 0 Å². The lowest BCUT2D eigenvalue weighted by molar-refractivity contribution is 0.0256. The number of fused-ring (bicyclic) bond motifs is 1. The van der Waals surface area contributed by atoms with Gasteiger partial charge in [0.05, 0.1) is 6.04 Å². The molecule has 1 atom stereocenters. The van der Waals surface area contributed by atoms with E-state index in [0.717, 1.165) is 30.7 Å². The number of anilines is 1. The van der Waals surface area contributed by atoms with Crippen molar-refractivity contribution in [2.24, 2.45) is 0 Å². The largest absolute Gasteiger partial charge is 0.487 e. The molecular weight excluding hydrogens is 316 g/mol. The second-order valence-electron chi connectivity index (χ2n) is 6.25. The van der Waals surface area contributed by atoms with E-state index in [1.807, 2.05) is 36.4 Å². The van der Waals surface area contributed by atoms with Crippen LogP contribution in [0.2, 0.25) is 0 Å². The molecule has 1 heterocycles. The Morgan fingerprint density at radius 3 is 2.46 bits per heavy atom. The van der Waals surface area contributed by atoms with E-state index in [0.29, 0.717) is 5.11 Å². The third-order valence-corrected chi connectivity index (χ3v) is 5.04. The highest BCUT2D eigenvalue weighted by Gasteiger charge is 2.38. The Bertz CT molecular complexity index is 698. The number of para-hydroxylation sites is 2. The molecule has 24 heavy (non-hydrogen) atoms. The third-order valence-electron chi connectivity index (χ3n) is 4.82. The lowest BCUT2D eigenvalue weighted by atomic mass is 9.83. The molecular formula is C20H24N2OS. The second-order valence-corrected chi connectivity index (χ2v) is 6.66. The lowest BCUT2D eigenvalue weighted by Gasteiger charge is -2.42. The predicted octanol–water partition coefficient (Wildman–Crippen LogP) is 5.06. The zero-order valence-electron chi connectivity index (χ0n) is 14.2. The zero-order chi connectivity index (χ0) is 17.0. The summed E-state index contributed by atoms with van der Waals surface area (Å²) in [4.78, 5) is 0. The quantitative estimate of drug-likeness (QED) is 0.763. The summed E-state index contributed by atoms with van der Waals surface area (Å²) in [6.45, 7) is 4.38. The maximum Gasteiger partial charge on any atom is 0.171 e. The van der Waals surface area contributed by atoms with E-state index in [2.05, 4.69) is 42.7 Å². The second kappa shape index (κ2) is 7.22. The van der Waals surface area contributed by atoms with Gasteiger partial charge in [-0.05, 0) is 43.3 Å². The molecule has 0 bridgehead atoms. The molecule has 0 saturated carbocycles. The summed E-state index contributed by atoms with van der Waals surface area (Å²) in [5.74, 6) is 0.965. The fourth-order valence-corrected chi connectivity index (χ4v) is 3.54. The molecule has 0 aromatic heterocycles. The van der Waals surface area contributed by atoms with Crippen LogP contribution in [0, 0.1) is 0 Å². The number of benzene rings is 2. The average molecular weight is 340 g/mol. The summed E-state index contributed by atoms with van der Waals surface area (Å²) in [6, 6.07) is 18.4. The highest BCUT2D eigenvalue weighted by atomic mass is 32.1. The van der Waals surface area contributed by atoms with Crippen molar-refractivity contribution in [3.63, 3.8) is 0 Å². The molecule has 2 aromatic rings. The normalized spacial score (nSPS) is 18.2. The van der Waals surface area contributed by atoms with Crippen molar-refractivity contribution in [2.45, 2.75) is 44.8 Å². The Kier molecular flexibility index (Phi) is 5.05. The van der Waals surface area contributed by atoms with E-state index < -0.39 is 0 Å². The average Bonchev–Trinajstić information content (AvgIpc) is 2.62. The molecule has 0 fully saturated rings. The Morgan fingerprint density at radius 2 is 1.75 bits per heavy atom. The van der Waals surface area contributed by atoms with Gasteiger partial charge in [-0.25, -0.2) is 0 Å². The Labute approximate surface area is 149 Å². The zero-order valence-corrected chi connectivity index (χ0v) is 15.0. The van der Waals surface area contributed by atoms with Gasteiger partial charge in [0.15, 0.2) is 5.11 Å². The van der Waals surface area contributed by atoms with Gasteiger partial charge in [0.25, 0.3) is 0 Å². The molecule has 4 heteroatoms. The van der Waals surface area contributed by atoms with Crippen LogP contribution in [0.4, 0.5) is 5.69 Å². The van der Waals surface area contributed by atoms with Gasteiger partial charge in [-0.3, -0.25) is 0 Å². The first-order valence-electron chi connectivity index (χ1n) is 8.56. The maximum atomic E-state index is 6.34. The summed E-state index contributed by atoms with van der Waals surface area (Å²) in [6.07, 6.45) is 2.87. The molecule has 0 saturated heterocycles. The van der Waals surface area contributed by atoms with Gasteiger partial charge in [0.1, 0.15) is 11.4 Å². The summed E-state index contributed by atoms with van der Waals surface area (Å²) < 4.78 is 6.34. The maximum absolute atomic E-state index is 6.34. The third kappa shape index (κ3) is 3.54. The molecule has 2 aromatic carbocycles. The van der Waals surface area contributed by atoms with Gasteiger partial charge in [0, 0.05) is 17.7 Å². The molecule has 0 radical (unpaired) electrons. The van der Waals surface area contributed by atoms with Gasteiger partial charge in [0.2, 0.25) is 0 Å². The molecule has 1 aliphatic rings. The minimum Gasteiger partial charge on any atom is -0.487 e. The number of nitrogens with one attached hydrogen (secondary N) is 2. The van der Waals surface area contributed by atoms with Gasteiger partial charge >= 0.3 is 0 Å². The number of hydrogen-bond donors (Lipinski definition) is 2. The van der Waals surface area contributed by atoms with Crippen molar-refractivity contribution in [3.8, 4) is 5.75 Å². The van der Waals surface area contributed by atoms with Gasteiger partial charge in [-0.15, -0.1) is 0 Å². The van der Waals surface area contributed by atoms with Crippen molar-refractivity contribution in [2.75, 3.05) is 5.32 Å². The summed E-state index contributed by atoms with van der Waals surface area (Å²) >= 11 is 5.53. The van der Waals surface area contributed by atoms with Crippen molar-refractivity contribution < 1.29 is 4.74 Å². The minimum atomic E-state index is -0.131. The van der Waals surface area contributed by atoms with Crippen LogP contribution in [0.15, 0.2) is 54.6 Å². The molecule has 0 aliphatic carbocycles. The first kappa shape index (κ1) is 16.8. The first-order valence-corrected chi connectivity index (χ1v) is 8.97. The SMILES string of the molecule is CCC1(CC)C[C@@H](NC(=S)Nc2ccccc2)c2ccccc2O1. The number of thiocarbonyl (C=S) groups is 1. The van der Waals surface area contributed by atoms with Crippen LogP contribution in [0.25, 0.3) is 0 Å². The van der Waals surface area contributed by atoms with E-state index in [1.54, 1.807) is 0 Å². The van der Waals surface area contributed by atoms with Crippen LogP contribution in [-0.2, 0) is 0 Å². The van der Waals surface area contributed by atoms with E-state index in [9.17, 15) is 0 Å². The molecule has 0 amide bonds. The summed E-state index contributed by atoms with van der Waals surface area (Å²) in [5, 5.41) is 7.39. The topological polar surface area (TPSA) is 33.3 Å². The van der Waals surface area contributed by atoms with Crippen molar-refractivity contribution in [3.05, 3.63) is 60.2 Å². The fraction of sp³-hybridized carbons (Fsp3) is 0.350. The Morgan fingerprint density at radius 1 is 1.08 bits per heavy atom. The van der Waals surface area contributed by atoms with E-state index in [1.165, 1.54) is 5.56 Å². The van der Waals surface area contributed by atoms with Crippen molar-refractivity contribution >= 4 is 23.0 Å². The lowest BCUT2D eigenvalue weighted by Crippen LogP contribution is -2.45. The standard InChI is InChI=1S/C20H24N2OS/c1-3-20(4-2)14-17(16-12-8-9-13-18(16)23-20)22-19(24)21-15-10-6-5-7-11-15/h5-13,17H,3-4,14H2,1-2H3,(H2,21,22,24)/t17-/m1/s1. The number of hydrogen-bond acceptors (Lipinski definition) is 2. The van der Waals surface area contributed by atoms with Crippen LogP contribution in [0.3, 0.4) is 0 Å². The highest BCUT2D eigenvalue weighted by Crippen LogP contribution is 2.42. The molecule has 3 nitrogen and oxygen atoms in total. The van der Waals surface area contributed by atoms with Crippen molar-refractivity contribution in [1.82, 2.24) is 5.32 Å². The molecule has 0 spiro atoms. The minimum absolute atomic E-state index is 0.131. The molecule has 1 aliphatic heterocycles. The fourth-order valence-electron chi connectivity index (χ4n) is 3.28. The Hall–Kier alpha value is -2.07. The number of ether oxygens (including phenoxy) is 1. The first-order chi connectivity index (χ1) is 11.7. The smallest absolute Gasteiger partial charge is 0.171 e. The van der Waals surface area contributed by atoms with Crippen LogP contribution in [0.5, 0.6) is 5.75 Å². The molecule has 0 unspecified atom stereocenters. The van der Waals surface area contributed by atoms with Crippen LogP contribution in [-0.4, -0.2) is 10.7 Å². The van der Waals surface area contributed by atoms with E-state index in [-0.39, 0.29) is 11.6 Å². The van der Waals surface area contributed by atoms with Gasteiger partial charge < -0.3 is 15.4 Å². The Balaban J connectivity index is 1.79. The number of rotatable bonds is 4. The molecule has 3 rings (SSSR count). The van der Waals surface area contributed by atoms with Crippen molar-refractivity contribution in [1.29, 1.82) is 0 Å². The highest BCUT2D eigenvalue weighted by molar-refractivity contribution is 7.80. The van der Waals surface area contributed by atoms with Crippen LogP contribution < -0.4 is 15.4 Å². The monoisotopic (exact) mass is 340 g/mol. The molecule has 126 valence electrons. The summed E-state index contributed by atoms with van der Waals surface area (Å²) in [7, 11) is 0.